The summed E-state index contributed by atoms with van der Waals surface area (Å²) in [6.45, 7) is 6.73. The highest BCUT2D eigenvalue weighted by atomic mass is 16.5. The Balaban J connectivity index is 1.69. The van der Waals surface area contributed by atoms with Gasteiger partial charge in [-0.1, -0.05) is 12.1 Å². The molecule has 1 aromatic heterocycles. The van der Waals surface area contributed by atoms with Gasteiger partial charge in [0, 0.05) is 37.9 Å². The lowest BCUT2D eigenvalue weighted by Gasteiger charge is -2.28. The maximum Gasteiger partial charge on any atom is 0.258 e. The number of methoxy groups -OCH3 is 1. The zero-order chi connectivity index (χ0) is 22.7. The molecular weight excluding hydrogens is 408 g/mol. The Kier molecular flexibility index (Phi) is 6.49. The standard InChI is InChI=1S/C24H28N4O4/c1-16-14-20-22(24(29)28(16)9-3-8-27-10-12-31-13-11-27)21(19(15-25)23(26)32-20)17-4-6-18(30-2)7-5-17/h4-7,14,21H,3,8-13,26H2,1-2H3. The third-order valence-electron chi connectivity index (χ3n) is 6.10. The zero-order valence-corrected chi connectivity index (χ0v) is 18.5. The van der Waals surface area contributed by atoms with E-state index in [1.807, 2.05) is 37.3 Å². The number of allylic oxidation sites excluding steroid dienone is 1. The topological polar surface area (TPSA) is 103 Å². The van der Waals surface area contributed by atoms with Gasteiger partial charge >= 0.3 is 0 Å². The van der Waals surface area contributed by atoms with Gasteiger partial charge in [-0.25, -0.2) is 0 Å². The van der Waals surface area contributed by atoms with E-state index >= 15 is 0 Å². The van der Waals surface area contributed by atoms with Crippen LogP contribution < -0.4 is 20.8 Å². The Morgan fingerprint density at radius 1 is 1.22 bits per heavy atom. The van der Waals surface area contributed by atoms with Crippen LogP contribution in [0.3, 0.4) is 0 Å². The van der Waals surface area contributed by atoms with E-state index in [0.29, 0.717) is 23.6 Å². The molecule has 0 spiro atoms. The SMILES string of the molecule is COc1ccc(C2C(C#N)=C(N)Oc3cc(C)n(CCCN4CCOCC4)c(=O)c32)cc1. The summed E-state index contributed by atoms with van der Waals surface area (Å²) in [7, 11) is 1.59. The van der Waals surface area contributed by atoms with Crippen LogP contribution >= 0.6 is 0 Å². The van der Waals surface area contributed by atoms with Crippen molar-refractivity contribution in [3.05, 3.63) is 69.0 Å². The van der Waals surface area contributed by atoms with Crippen LogP contribution in [-0.4, -0.2) is 49.4 Å². The largest absolute Gasteiger partial charge is 0.497 e. The van der Waals surface area contributed by atoms with Crippen molar-refractivity contribution in [2.45, 2.75) is 25.8 Å². The Morgan fingerprint density at radius 3 is 2.59 bits per heavy atom. The fourth-order valence-electron chi connectivity index (χ4n) is 4.37. The van der Waals surface area contributed by atoms with Crippen molar-refractivity contribution in [3.8, 4) is 17.6 Å². The predicted octanol–water partition coefficient (Wildman–Crippen LogP) is 2.11. The second kappa shape index (κ2) is 9.47. The van der Waals surface area contributed by atoms with E-state index in [-0.39, 0.29) is 17.0 Å². The van der Waals surface area contributed by atoms with Crippen LogP contribution in [0.4, 0.5) is 0 Å². The zero-order valence-electron chi connectivity index (χ0n) is 18.5. The summed E-state index contributed by atoms with van der Waals surface area (Å²) in [5.74, 6) is 0.549. The van der Waals surface area contributed by atoms with Gasteiger partial charge in [-0.05, 0) is 31.0 Å². The van der Waals surface area contributed by atoms with E-state index in [1.165, 1.54) is 0 Å². The molecule has 0 aliphatic carbocycles. The van der Waals surface area contributed by atoms with E-state index in [2.05, 4.69) is 11.0 Å². The van der Waals surface area contributed by atoms with E-state index in [1.54, 1.807) is 11.7 Å². The summed E-state index contributed by atoms with van der Waals surface area (Å²) in [5.41, 5.74) is 8.20. The van der Waals surface area contributed by atoms with Crippen molar-refractivity contribution in [1.82, 2.24) is 9.47 Å². The average Bonchev–Trinajstić information content (AvgIpc) is 2.81. The highest BCUT2D eigenvalue weighted by Crippen LogP contribution is 2.40. The molecule has 1 unspecified atom stereocenters. The maximum atomic E-state index is 13.6. The number of hydrogen-bond acceptors (Lipinski definition) is 7. The molecule has 0 radical (unpaired) electrons. The molecule has 2 aliphatic rings. The van der Waals surface area contributed by atoms with E-state index in [4.69, 9.17) is 19.9 Å². The predicted molar refractivity (Wildman–Crippen MR) is 120 cm³/mol. The van der Waals surface area contributed by atoms with Gasteiger partial charge in [0.05, 0.1) is 31.8 Å². The van der Waals surface area contributed by atoms with Crippen LogP contribution in [0.15, 0.2) is 46.6 Å². The first-order valence-electron chi connectivity index (χ1n) is 10.8. The molecule has 1 fully saturated rings. The number of morpholine rings is 1. The van der Waals surface area contributed by atoms with Gasteiger partial charge in [0.2, 0.25) is 5.88 Å². The highest BCUT2D eigenvalue weighted by molar-refractivity contribution is 5.55. The molecule has 4 rings (SSSR count). The molecule has 3 heterocycles. The minimum atomic E-state index is -0.590. The third-order valence-corrected chi connectivity index (χ3v) is 6.10. The van der Waals surface area contributed by atoms with Gasteiger partial charge in [-0.3, -0.25) is 9.69 Å². The number of aromatic nitrogens is 1. The minimum Gasteiger partial charge on any atom is -0.497 e. The van der Waals surface area contributed by atoms with Gasteiger partial charge in [0.1, 0.15) is 23.1 Å². The van der Waals surface area contributed by atoms with E-state index < -0.39 is 5.92 Å². The summed E-state index contributed by atoms with van der Waals surface area (Å²) in [5, 5.41) is 9.80. The molecule has 32 heavy (non-hydrogen) atoms. The van der Waals surface area contributed by atoms with E-state index in [0.717, 1.165) is 50.5 Å². The van der Waals surface area contributed by atoms with Crippen molar-refractivity contribution >= 4 is 0 Å². The minimum absolute atomic E-state index is 0.0321. The Labute approximate surface area is 187 Å². The normalized spacial score (nSPS) is 18.6. The Bertz CT molecular complexity index is 1110. The molecule has 2 aliphatic heterocycles. The Hall–Kier alpha value is -3.28. The van der Waals surface area contributed by atoms with Crippen molar-refractivity contribution in [2.75, 3.05) is 40.0 Å². The number of aryl methyl sites for hydroxylation is 1. The van der Waals surface area contributed by atoms with Gasteiger partial charge in [0.15, 0.2) is 0 Å². The van der Waals surface area contributed by atoms with Crippen LogP contribution in [0, 0.1) is 18.3 Å². The number of rotatable bonds is 6. The first-order chi connectivity index (χ1) is 15.5. The number of nitrogens with two attached hydrogens (primary N) is 1. The number of ether oxygens (including phenoxy) is 3. The van der Waals surface area contributed by atoms with Crippen LogP contribution in [0.2, 0.25) is 0 Å². The smallest absolute Gasteiger partial charge is 0.258 e. The Morgan fingerprint density at radius 2 is 1.94 bits per heavy atom. The first kappa shape index (κ1) is 21.9. The maximum absolute atomic E-state index is 13.6. The van der Waals surface area contributed by atoms with Crippen molar-refractivity contribution < 1.29 is 14.2 Å². The number of hydrogen-bond donors (Lipinski definition) is 1. The fourth-order valence-corrected chi connectivity index (χ4v) is 4.37. The quantitative estimate of drug-likeness (QED) is 0.740. The third kappa shape index (κ3) is 4.22. The molecule has 0 saturated carbocycles. The van der Waals surface area contributed by atoms with Gasteiger partial charge in [-0.2, -0.15) is 5.26 Å². The van der Waals surface area contributed by atoms with E-state index in [9.17, 15) is 10.1 Å². The molecule has 168 valence electrons. The number of pyridine rings is 1. The lowest BCUT2D eigenvalue weighted by atomic mass is 9.84. The molecule has 1 aromatic carbocycles. The summed E-state index contributed by atoms with van der Waals surface area (Å²) in [6.07, 6.45) is 0.844. The van der Waals surface area contributed by atoms with Crippen molar-refractivity contribution in [3.63, 3.8) is 0 Å². The number of benzene rings is 1. The second-order valence-electron chi connectivity index (χ2n) is 8.03. The van der Waals surface area contributed by atoms with Gasteiger partial charge in [0.25, 0.3) is 5.56 Å². The summed E-state index contributed by atoms with van der Waals surface area (Å²) in [4.78, 5) is 16.0. The molecule has 0 bridgehead atoms. The second-order valence-corrected chi connectivity index (χ2v) is 8.03. The fraction of sp³-hybridized carbons (Fsp3) is 0.417. The lowest BCUT2D eigenvalue weighted by molar-refractivity contribution is 0.0369. The molecular formula is C24H28N4O4. The molecule has 2 aromatic rings. The number of nitriles is 1. The number of nitrogens with zero attached hydrogens (tertiary/aromatic N) is 3. The molecule has 2 N–H and O–H groups in total. The van der Waals surface area contributed by atoms with Crippen LogP contribution in [0.25, 0.3) is 0 Å². The average molecular weight is 437 g/mol. The molecule has 0 amide bonds. The lowest BCUT2D eigenvalue weighted by Crippen LogP contribution is -2.38. The molecule has 1 atom stereocenters. The summed E-state index contributed by atoms with van der Waals surface area (Å²) >= 11 is 0. The monoisotopic (exact) mass is 436 g/mol. The highest BCUT2D eigenvalue weighted by Gasteiger charge is 2.34. The molecule has 8 heteroatoms. The summed E-state index contributed by atoms with van der Waals surface area (Å²) in [6, 6.07) is 11.3. The molecule has 1 saturated heterocycles. The van der Waals surface area contributed by atoms with Crippen LogP contribution in [-0.2, 0) is 11.3 Å². The number of fused-ring (bicyclic) bond motifs is 1. The molecule has 8 nitrogen and oxygen atoms in total. The van der Waals surface area contributed by atoms with Crippen molar-refractivity contribution in [2.24, 2.45) is 5.73 Å². The van der Waals surface area contributed by atoms with Gasteiger partial charge < -0.3 is 24.5 Å². The summed E-state index contributed by atoms with van der Waals surface area (Å²) < 4.78 is 18.1. The first-order valence-corrected chi connectivity index (χ1v) is 10.8. The van der Waals surface area contributed by atoms with Crippen molar-refractivity contribution in [1.29, 1.82) is 5.26 Å². The van der Waals surface area contributed by atoms with Crippen LogP contribution in [0.5, 0.6) is 11.5 Å². The van der Waals surface area contributed by atoms with Gasteiger partial charge in [-0.15, -0.1) is 0 Å². The van der Waals surface area contributed by atoms with Crippen LogP contribution in [0.1, 0.15) is 29.2 Å².